The molecule has 68 heavy (non-hydrogen) atoms. The molecule has 0 heterocycles. The Morgan fingerprint density at radius 1 is 0.500 bits per heavy atom. The van der Waals surface area contributed by atoms with Crippen molar-refractivity contribution in [1.82, 2.24) is 4.90 Å². The molecule has 0 aliphatic rings. The van der Waals surface area contributed by atoms with Crippen molar-refractivity contribution in [2.45, 2.75) is 251 Å². The monoisotopic (exact) mass is 972 g/mol. The second-order valence-corrected chi connectivity index (χ2v) is 19.6. The second kappa shape index (κ2) is 46.9. The Bertz CT molecular complexity index is 1640. The number of ether oxygens (including phenoxy) is 2. The summed E-state index contributed by atoms with van der Waals surface area (Å²) in [6.45, 7) is 3.73. The third-order valence-corrected chi connectivity index (χ3v) is 13.1. The number of carbonyl (C=O) groups is 4. The molecule has 0 rings (SSSR count). The zero-order valence-corrected chi connectivity index (χ0v) is 43.4. The molecule has 0 spiro atoms. The van der Waals surface area contributed by atoms with Gasteiger partial charge in [-0.2, -0.15) is 0 Å². The van der Waals surface area contributed by atoms with Crippen molar-refractivity contribution in [3.63, 3.8) is 0 Å². The van der Waals surface area contributed by atoms with Crippen molar-refractivity contribution < 1.29 is 52.8 Å². The van der Waals surface area contributed by atoms with Crippen LogP contribution in [-0.2, 0) is 37.7 Å². The van der Waals surface area contributed by atoms with Crippen LogP contribution in [0, 0.1) is 47.4 Å². The van der Waals surface area contributed by atoms with Crippen LogP contribution in [0.1, 0.15) is 239 Å². The first-order valence-corrected chi connectivity index (χ1v) is 28.0. The Kier molecular flexibility index (Phi) is 44.3. The summed E-state index contributed by atoms with van der Waals surface area (Å²) in [5.41, 5.74) is 0. The first-order chi connectivity index (χ1) is 33.0. The van der Waals surface area contributed by atoms with Gasteiger partial charge in [0.25, 0.3) is 0 Å². The number of carboxylic acid groups (broad SMARTS) is 2. The van der Waals surface area contributed by atoms with Gasteiger partial charge in [-0.3, -0.25) is 23.8 Å². The smallest absolute Gasteiger partial charge is 0.356 e. The van der Waals surface area contributed by atoms with Gasteiger partial charge in [0.05, 0.1) is 13.2 Å². The van der Waals surface area contributed by atoms with Gasteiger partial charge in [0.15, 0.2) is 6.10 Å². The SMILES string of the molecule is CCCCCCCCCCC#CC#CCCCCCCCCC(=O)OC[C@H](COP(=O)(O)C(C(=O)O)N(CC)CC(=O)O)OC(=O)CCCCCCCCC#CC#CCCCCCCCCCC. The molecule has 0 saturated heterocycles. The summed E-state index contributed by atoms with van der Waals surface area (Å²) in [6, 6.07) is 0. The number of unbranched alkanes of at least 4 members (excludes halogenated alkanes) is 28. The minimum atomic E-state index is -5.04. The van der Waals surface area contributed by atoms with Crippen LogP contribution < -0.4 is 0 Å². The van der Waals surface area contributed by atoms with Gasteiger partial charge in [-0.05, 0) is 68.8 Å². The number of carbonyl (C=O) groups excluding carboxylic acids is 2. The molecule has 0 radical (unpaired) electrons. The molecule has 0 bridgehead atoms. The lowest BCUT2D eigenvalue weighted by Crippen LogP contribution is -2.44. The van der Waals surface area contributed by atoms with E-state index in [2.05, 4.69) is 61.2 Å². The molecule has 0 fully saturated rings. The van der Waals surface area contributed by atoms with Crippen LogP contribution in [-0.4, -0.2) is 82.1 Å². The van der Waals surface area contributed by atoms with Gasteiger partial charge in [0, 0.05) is 38.5 Å². The highest BCUT2D eigenvalue weighted by molar-refractivity contribution is 7.54. The lowest BCUT2D eigenvalue weighted by Gasteiger charge is -2.29. The third-order valence-electron chi connectivity index (χ3n) is 11.4. The summed E-state index contributed by atoms with van der Waals surface area (Å²) in [7, 11) is -5.04. The summed E-state index contributed by atoms with van der Waals surface area (Å²) in [5.74, 6) is 17.9. The molecular formula is C55H90NO11P. The molecule has 0 aromatic carbocycles. The molecule has 0 aliphatic heterocycles. The molecule has 0 aromatic rings. The number of hydrogen-bond donors (Lipinski definition) is 3. The Hall–Kier alpha value is -3.77. The first kappa shape index (κ1) is 64.2. The number of esters is 2. The standard InChI is InChI=1S/C55H90NO11P/c1-4-7-9-11-13-15-17-19-21-23-25-27-29-31-33-35-37-39-41-43-45-52(59)65-48-50(49-66-68(63,64)54(55(61)62)56(6-3)47-51(57)58)67-53(60)46-44-42-40-38-36-34-32-30-28-26-24-22-20-18-16-14-12-10-8-5-2/h50,54H,4-22,31-49H2,1-3H3,(H,57,58)(H,61,62)(H,63,64)/t50-,54?/m1/s1. The fourth-order valence-electron chi connectivity index (χ4n) is 7.43. The van der Waals surface area contributed by atoms with E-state index in [1.165, 1.54) is 96.8 Å². The summed E-state index contributed by atoms with van der Waals surface area (Å²) in [6.07, 6.45) is 33.6. The van der Waals surface area contributed by atoms with Gasteiger partial charge in [0.1, 0.15) is 6.61 Å². The molecule has 0 aromatic heterocycles. The predicted molar refractivity (Wildman–Crippen MR) is 272 cm³/mol. The van der Waals surface area contributed by atoms with Crippen molar-refractivity contribution in [3.8, 4) is 47.4 Å². The Labute approximate surface area is 412 Å². The van der Waals surface area contributed by atoms with Gasteiger partial charge < -0.3 is 29.1 Å². The quantitative estimate of drug-likeness (QED) is 0.0228. The molecule has 386 valence electrons. The van der Waals surface area contributed by atoms with E-state index in [1.54, 1.807) is 0 Å². The summed E-state index contributed by atoms with van der Waals surface area (Å²) >= 11 is 0. The average molecular weight is 972 g/mol. The van der Waals surface area contributed by atoms with Gasteiger partial charge >= 0.3 is 31.5 Å². The topological polar surface area (TPSA) is 177 Å². The van der Waals surface area contributed by atoms with Crippen LogP contribution in [0.25, 0.3) is 0 Å². The number of nitrogens with zero attached hydrogens (tertiary/aromatic N) is 1. The van der Waals surface area contributed by atoms with Crippen LogP contribution in [0.4, 0.5) is 0 Å². The highest BCUT2D eigenvalue weighted by Gasteiger charge is 2.44. The van der Waals surface area contributed by atoms with Crippen molar-refractivity contribution in [2.75, 3.05) is 26.3 Å². The van der Waals surface area contributed by atoms with Crippen molar-refractivity contribution in [3.05, 3.63) is 0 Å². The molecule has 0 aliphatic carbocycles. The molecule has 12 nitrogen and oxygen atoms in total. The third kappa shape index (κ3) is 41.2. The van der Waals surface area contributed by atoms with E-state index in [-0.39, 0.29) is 19.4 Å². The van der Waals surface area contributed by atoms with E-state index in [9.17, 15) is 38.8 Å². The van der Waals surface area contributed by atoms with Gasteiger partial charge in [-0.1, -0.05) is 186 Å². The van der Waals surface area contributed by atoms with Crippen LogP contribution in [0.15, 0.2) is 0 Å². The zero-order chi connectivity index (χ0) is 50.2. The molecule has 0 saturated carbocycles. The van der Waals surface area contributed by atoms with Crippen LogP contribution in [0.3, 0.4) is 0 Å². The molecule has 3 N–H and O–H groups in total. The molecule has 2 unspecified atom stereocenters. The predicted octanol–water partition coefficient (Wildman–Crippen LogP) is 12.8. The molecular weight excluding hydrogens is 882 g/mol. The van der Waals surface area contributed by atoms with Gasteiger partial charge in [-0.25, -0.2) is 4.79 Å². The van der Waals surface area contributed by atoms with E-state index >= 15 is 0 Å². The fraction of sp³-hybridized carbons (Fsp3) is 0.782. The van der Waals surface area contributed by atoms with Crippen molar-refractivity contribution in [1.29, 1.82) is 0 Å². The second-order valence-electron chi connectivity index (χ2n) is 17.7. The van der Waals surface area contributed by atoms with Crippen LogP contribution in [0.2, 0.25) is 0 Å². The summed E-state index contributed by atoms with van der Waals surface area (Å²) in [5, 5.41) is 18.9. The molecule has 0 amide bonds. The van der Waals surface area contributed by atoms with E-state index in [1.807, 2.05) is 0 Å². The lowest BCUT2D eigenvalue weighted by molar-refractivity contribution is -0.161. The maximum Gasteiger partial charge on any atom is 0.356 e. The minimum Gasteiger partial charge on any atom is -0.480 e. The zero-order valence-electron chi connectivity index (χ0n) is 42.5. The largest absolute Gasteiger partial charge is 0.480 e. The molecule has 13 heteroatoms. The highest BCUT2D eigenvalue weighted by Crippen LogP contribution is 2.49. The number of carboxylic acids is 2. The summed E-state index contributed by atoms with van der Waals surface area (Å²) in [4.78, 5) is 60.3. The Morgan fingerprint density at radius 3 is 1.21 bits per heavy atom. The fourth-order valence-corrected chi connectivity index (χ4v) is 8.89. The van der Waals surface area contributed by atoms with E-state index in [0.29, 0.717) is 12.8 Å². The van der Waals surface area contributed by atoms with E-state index in [0.717, 1.165) is 108 Å². The lowest BCUT2D eigenvalue weighted by atomic mass is 10.1. The summed E-state index contributed by atoms with van der Waals surface area (Å²) < 4.78 is 29.2. The number of rotatable bonds is 44. The Balaban J connectivity index is 4.70. The van der Waals surface area contributed by atoms with Gasteiger partial charge in [0.2, 0.25) is 5.78 Å². The highest BCUT2D eigenvalue weighted by atomic mass is 31.2. The van der Waals surface area contributed by atoms with Crippen LogP contribution >= 0.6 is 7.60 Å². The number of likely N-dealkylation sites (N-methyl/N-ethyl adjacent to an activating group) is 1. The van der Waals surface area contributed by atoms with Crippen LogP contribution in [0.5, 0.6) is 0 Å². The average Bonchev–Trinajstić information content (AvgIpc) is 3.30. The maximum atomic E-state index is 13.2. The van der Waals surface area contributed by atoms with E-state index < -0.39 is 63.1 Å². The van der Waals surface area contributed by atoms with Crippen molar-refractivity contribution >= 4 is 31.5 Å². The van der Waals surface area contributed by atoms with E-state index in [4.69, 9.17) is 14.0 Å². The molecule has 3 atom stereocenters. The van der Waals surface area contributed by atoms with Crippen molar-refractivity contribution in [2.24, 2.45) is 0 Å². The minimum absolute atomic E-state index is 0.0599. The maximum absolute atomic E-state index is 13.2. The Morgan fingerprint density at radius 2 is 0.853 bits per heavy atom. The normalized spacial score (nSPS) is 12.4. The van der Waals surface area contributed by atoms with Gasteiger partial charge in [-0.15, -0.1) is 0 Å². The number of aliphatic carboxylic acids is 2. The number of hydrogen-bond acceptors (Lipinski definition) is 9. The first-order valence-electron chi connectivity index (χ1n) is 26.4.